The van der Waals surface area contributed by atoms with Crippen LogP contribution in [-0.4, -0.2) is 38.1 Å². The van der Waals surface area contributed by atoms with E-state index in [4.69, 9.17) is 4.98 Å². The Hall–Kier alpha value is -2.59. The summed E-state index contributed by atoms with van der Waals surface area (Å²) in [6.07, 6.45) is -3.99. The quantitative estimate of drug-likeness (QED) is 0.417. The molecule has 0 saturated carbocycles. The van der Waals surface area contributed by atoms with Gasteiger partial charge >= 0.3 is 6.36 Å². The molecule has 1 aliphatic rings. The number of anilines is 1. The number of hydrogen-bond acceptors (Lipinski definition) is 6. The van der Waals surface area contributed by atoms with Crippen molar-refractivity contribution in [3.05, 3.63) is 58.5 Å². The van der Waals surface area contributed by atoms with E-state index >= 15 is 0 Å². The van der Waals surface area contributed by atoms with Crippen LogP contribution < -0.4 is 9.64 Å². The van der Waals surface area contributed by atoms with Gasteiger partial charge in [0.15, 0.2) is 15.0 Å². The molecule has 2 aromatic carbocycles. The van der Waals surface area contributed by atoms with Crippen molar-refractivity contribution in [3.63, 3.8) is 0 Å². The molecular formula is C24H25F3N2O3S2. The second-order valence-electron chi connectivity index (χ2n) is 8.54. The number of alkyl halides is 3. The fourth-order valence-corrected chi connectivity index (χ4v) is 7.09. The summed E-state index contributed by atoms with van der Waals surface area (Å²) < 4.78 is 66.9. The SMILES string of the molecule is Cc1cc(C)c(-c2csc(N3CCC(S(=O)(=O)c4ccc(OC(F)(F)F)cc4)CC3)n2)c(C)c1. The molecule has 0 amide bonds. The Balaban J connectivity index is 1.44. The summed E-state index contributed by atoms with van der Waals surface area (Å²) >= 11 is 1.54. The van der Waals surface area contributed by atoms with Gasteiger partial charge in [-0.15, -0.1) is 24.5 Å². The van der Waals surface area contributed by atoms with Crippen LogP contribution in [0.3, 0.4) is 0 Å². The molecule has 0 N–H and O–H groups in total. The number of thiazole rings is 1. The normalized spacial score (nSPS) is 15.5. The number of aryl methyl sites for hydroxylation is 3. The summed E-state index contributed by atoms with van der Waals surface area (Å²) in [6.45, 7) is 7.30. The maximum atomic E-state index is 13.0. The molecule has 0 aliphatic carbocycles. The minimum Gasteiger partial charge on any atom is -0.406 e. The van der Waals surface area contributed by atoms with Crippen LogP contribution in [0.2, 0.25) is 0 Å². The highest BCUT2D eigenvalue weighted by molar-refractivity contribution is 7.92. The third kappa shape index (κ3) is 5.22. The molecule has 10 heteroatoms. The van der Waals surface area contributed by atoms with Crippen molar-refractivity contribution in [1.82, 2.24) is 4.98 Å². The molecule has 0 radical (unpaired) electrons. The molecule has 0 bridgehead atoms. The van der Waals surface area contributed by atoms with Gasteiger partial charge in [-0.3, -0.25) is 0 Å². The maximum absolute atomic E-state index is 13.0. The van der Waals surface area contributed by atoms with Crippen molar-refractivity contribution in [2.75, 3.05) is 18.0 Å². The smallest absolute Gasteiger partial charge is 0.406 e. The number of rotatable bonds is 5. The van der Waals surface area contributed by atoms with Gasteiger partial charge in [0.1, 0.15) is 5.75 Å². The van der Waals surface area contributed by atoms with Crippen LogP contribution in [0.4, 0.5) is 18.3 Å². The van der Waals surface area contributed by atoms with Crippen molar-refractivity contribution in [1.29, 1.82) is 0 Å². The third-order valence-corrected chi connectivity index (χ3v) is 9.14. The van der Waals surface area contributed by atoms with Crippen molar-refractivity contribution in [2.45, 2.75) is 50.1 Å². The zero-order valence-corrected chi connectivity index (χ0v) is 20.6. The predicted molar refractivity (Wildman–Crippen MR) is 127 cm³/mol. The number of hydrogen-bond donors (Lipinski definition) is 0. The highest BCUT2D eigenvalue weighted by atomic mass is 32.2. The van der Waals surface area contributed by atoms with Gasteiger partial charge in [-0.2, -0.15) is 0 Å². The van der Waals surface area contributed by atoms with E-state index in [0.29, 0.717) is 25.9 Å². The average Bonchev–Trinajstić information content (AvgIpc) is 3.22. The molecule has 1 saturated heterocycles. The second-order valence-corrected chi connectivity index (χ2v) is 11.6. The zero-order valence-electron chi connectivity index (χ0n) is 19.0. The fourth-order valence-electron chi connectivity index (χ4n) is 4.49. The minimum atomic E-state index is -4.82. The molecule has 1 fully saturated rings. The summed E-state index contributed by atoms with van der Waals surface area (Å²) in [5.41, 5.74) is 5.60. The summed E-state index contributed by atoms with van der Waals surface area (Å²) in [4.78, 5) is 6.93. The molecule has 0 spiro atoms. The lowest BCUT2D eigenvalue weighted by Crippen LogP contribution is -2.39. The number of ether oxygens (including phenoxy) is 1. The van der Waals surface area contributed by atoms with Crippen LogP contribution >= 0.6 is 11.3 Å². The van der Waals surface area contributed by atoms with Gasteiger partial charge in [-0.25, -0.2) is 13.4 Å². The van der Waals surface area contributed by atoms with E-state index in [0.717, 1.165) is 28.5 Å². The number of halogens is 3. The van der Waals surface area contributed by atoms with E-state index in [2.05, 4.69) is 42.5 Å². The number of sulfone groups is 1. The standard InChI is InChI=1S/C24H25F3N2O3S2/c1-15-12-16(2)22(17(3)13-15)21-14-33-23(28-21)29-10-8-20(9-11-29)34(30,31)19-6-4-18(5-7-19)32-24(25,26)27/h4-7,12-14,20H,8-11H2,1-3H3. The lowest BCUT2D eigenvalue weighted by atomic mass is 9.98. The Kier molecular flexibility index (Phi) is 6.65. The van der Waals surface area contributed by atoms with Gasteiger partial charge in [0, 0.05) is 24.0 Å². The van der Waals surface area contributed by atoms with E-state index < -0.39 is 27.2 Å². The first-order chi connectivity index (χ1) is 15.9. The van der Waals surface area contributed by atoms with E-state index in [1.54, 1.807) is 11.3 Å². The molecule has 34 heavy (non-hydrogen) atoms. The highest BCUT2D eigenvalue weighted by Crippen LogP contribution is 2.35. The van der Waals surface area contributed by atoms with Crippen LogP contribution in [0.15, 0.2) is 46.7 Å². The van der Waals surface area contributed by atoms with Crippen LogP contribution in [-0.2, 0) is 9.84 Å². The average molecular weight is 511 g/mol. The van der Waals surface area contributed by atoms with Gasteiger partial charge in [0.2, 0.25) is 0 Å². The van der Waals surface area contributed by atoms with Gasteiger partial charge in [0.25, 0.3) is 0 Å². The second kappa shape index (κ2) is 9.22. The predicted octanol–water partition coefficient (Wildman–Crippen LogP) is 6.08. The summed E-state index contributed by atoms with van der Waals surface area (Å²) in [6, 6.07) is 8.67. The monoisotopic (exact) mass is 510 g/mol. The Bertz CT molecular complexity index is 1250. The molecule has 2 heterocycles. The molecule has 182 valence electrons. The molecule has 4 rings (SSSR count). The van der Waals surface area contributed by atoms with Crippen LogP contribution in [0.25, 0.3) is 11.3 Å². The van der Waals surface area contributed by atoms with Gasteiger partial charge < -0.3 is 9.64 Å². The minimum absolute atomic E-state index is 0.00216. The Morgan fingerprint density at radius 3 is 2.18 bits per heavy atom. The van der Waals surface area contributed by atoms with Crippen LogP contribution in [0.1, 0.15) is 29.5 Å². The molecule has 1 aliphatic heterocycles. The first-order valence-corrected chi connectivity index (χ1v) is 13.2. The highest BCUT2D eigenvalue weighted by Gasteiger charge is 2.33. The molecular weight excluding hydrogens is 485 g/mol. The number of benzene rings is 2. The molecule has 0 atom stereocenters. The Morgan fingerprint density at radius 2 is 1.62 bits per heavy atom. The molecule has 5 nitrogen and oxygen atoms in total. The van der Waals surface area contributed by atoms with Crippen molar-refractivity contribution in [3.8, 4) is 17.0 Å². The third-order valence-electron chi connectivity index (χ3n) is 5.96. The maximum Gasteiger partial charge on any atom is 0.573 e. The van der Waals surface area contributed by atoms with E-state index in [1.807, 2.05) is 5.38 Å². The summed E-state index contributed by atoms with van der Waals surface area (Å²) in [7, 11) is -3.66. The molecule has 0 unspecified atom stereocenters. The van der Waals surface area contributed by atoms with Crippen LogP contribution in [0, 0.1) is 20.8 Å². The number of aromatic nitrogens is 1. The lowest BCUT2D eigenvalue weighted by molar-refractivity contribution is -0.274. The first kappa shape index (κ1) is 24.5. The molecule has 1 aromatic heterocycles. The van der Waals surface area contributed by atoms with Gasteiger partial charge in [0.05, 0.1) is 15.8 Å². The van der Waals surface area contributed by atoms with Gasteiger partial charge in [-0.05, 0) is 69.0 Å². The topological polar surface area (TPSA) is 59.5 Å². The van der Waals surface area contributed by atoms with Crippen molar-refractivity contribution in [2.24, 2.45) is 0 Å². The van der Waals surface area contributed by atoms with E-state index in [9.17, 15) is 21.6 Å². The first-order valence-electron chi connectivity index (χ1n) is 10.8. The van der Waals surface area contributed by atoms with Crippen molar-refractivity contribution >= 4 is 26.3 Å². The van der Waals surface area contributed by atoms with Gasteiger partial charge in [-0.1, -0.05) is 17.7 Å². The lowest BCUT2D eigenvalue weighted by Gasteiger charge is -2.31. The van der Waals surface area contributed by atoms with E-state index in [1.165, 1.54) is 28.8 Å². The summed E-state index contributed by atoms with van der Waals surface area (Å²) in [5.74, 6) is -0.445. The largest absolute Gasteiger partial charge is 0.573 e. The fraction of sp³-hybridized carbons (Fsp3) is 0.375. The molecule has 3 aromatic rings. The van der Waals surface area contributed by atoms with Crippen molar-refractivity contribution < 1.29 is 26.3 Å². The Labute approximate surface area is 201 Å². The van der Waals surface area contributed by atoms with Crippen LogP contribution in [0.5, 0.6) is 5.75 Å². The number of piperidine rings is 1. The summed E-state index contributed by atoms with van der Waals surface area (Å²) in [5, 5.41) is 2.30. The Morgan fingerprint density at radius 1 is 1.03 bits per heavy atom. The zero-order chi connectivity index (χ0) is 24.7. The number of nitrogens with zero attached hydrogens (tertiary/aromatic N) is 2. The van der Waals surface area contributed by atoms with E-state index in [-0.39, 0.29) is 4.90 Å².